The Morgan fingerprint density at radius 2 is 1.11 bits per heavy atom. The van der Waals surface area contributed by atoms with Crippen LogP contribution in [0.15, 0.2) is 43.0 Å². The number of rotatable bonds is 12. The van der Waals surface area contributed by atoms with E-state index < -0.39 is 11.8 Å². The largest absolute Gasteiger partial charge is 0.351 e. The topological polar surface area (TPSA) is 195 Å². The van der Waals surface area contributed by atoms with E-state index in [0.717, 1.165) is 0 Å². The molecular formula is C30H36N10O6. The lowest BCUT2D eigenvalue weighted by atomic mass is 10.3. The molecule has 0 aliphatic heterocycles. The van der Waals surface area contributed by atoms with Gasteiger partial charge in [0.1, 0.15) is 17.1 Å². The van der Waals surface area contributed by atoms with Crippen molar-refractivity contribution in [3.8, 4) is 0 Å². The Bertz CT molecular complexity index is 1840. The second-order valence-electron chi connectivity index (χ2n) is 10.8. The number of Topliss-reactive ketones (excluding diaryl/α,β-unsaturated/α-hetero) is 1. The maximum Gasteiger partial charge on any atom is 0.272 e. The van der Waals surface area contributed by atoms with Crippen LogP contribution in [0.3, 0.4) is 0 Å². The SMILES string of the molecule is CC(=O)Nc1cc(C(=O)Nc2cc(C(=O)Nc3cc(C(=O)NCCCC(=O)Nc4cn(C)c(C(C)=O)n4)n(C)c3)n(C)c2)n(C)c1. The fourth-order valence-electron chi connectivity index (χ4n) is 4.77. The van der Waals surface area contributed by atoms with Crippen molar-refractivity contribution in [2.24, 2.45) is 28.2 Å². The summed E-state index contributed by atoms with van der Waals surface area (Å²) in [7, 11) is 6.66. The van der Waals surface area contributed by atoms with Crippen LogP contribution in [-0.2, 0) is 37.8 Å². The molecule has 46 heavy (non-hydrogen) atoms. The molecule has 5 amide bonds. The number of nitrogens with one attached hydrogen (secondary N) is 5. The minimum absolute atomic E-state index is 0.128. The number of carbonyl (C=O) groups excluding carboxylic acids is 6. The van der Waals surface area contributed by atoms with E-state index in [-0.39, 0.29) is 53.8 Å². The molecule has 0 fully saturated rings. The molecule has 16 heteroatoms. The highest BCUT2D eigenvalue weighted by Crippen LogP contribution is 2.20. The van der Waals surface area contributed by atoms with Gasteiger partial charge in [-0.25, -0.2) is 4.98 Å². The quantitative estimate of drug-likeness (QED) is 0.117. The number of hydrogen-bond acceptors (Lipinski definition) is 7. The van der Waals surface area contributed by atoms with Gasteiger partial charge in [0.05, 0.1) is 17.1 Å². The van der Waals surface area contributed by atoms with Crippen LogP contribution in [0.4, 0.5) is 22.9 Å². The number of imidazole rings is 1. The average Bonchev–Trinajstić information content (AvgIpc) is 3.71. The standard InChI is InChI=1S/C30H36N10O6/c1-17(41)27-36-25(16-40(27)6)35-26(43)8-7-9-31-28(44)22-11-20(14-37(22)3)33-30(46)24-12-21(15-39(24)5)34-29(45)23-10-19(13-38(23)4)32-18(2)42/h10-16H,7-9H2,1-6H3,(H,31,44)(H,32,42)(H,33,46)(H,34,45)(H,35,43). The predicted octanol–water partition coefficient (Wildman–Crippen LogP) is 2.25. The summed E-state index contributed by atoms with van der Waals surface area (Å²) >= 11 is 0. The zero-order chi connectivity index (χ0) is 33.7. The first-order valence-electron chi connectivity index (χ1n) is 14.2. The van der Waals surface area contributed by atoms with Gasteiger partial charge in [-0.2, -0.15) is 0 Å². The van der Waals surface area contributed by atoms with Crippen LogP contribution in [0.1, 0.15) is 68.8 Å². The van der Waals surface area contributed by atoms with E-state index in [2.05, 4.69) is 31.6 Å². The summed E-state index contributed by atoms with van der Waals surface area (Å²) in [6.45, 7) is 3.00. The van der Waals surface area contributed by atoms with Crippen molar-refractivity contribution in [3.63, 3.8) is 0 Å². The first kappa shape index (κ1) is 33.0. The van der Waals surface area contributed by atoms with Gasteiger partial charge in [0.15, 0.2) is 17.4 Å². The lowest BCUT2D eigenvalue weighted by Gasteiger charge is -2.06. The summed E-state index contributed by atoms with van der Waals surface area (Å²) in [5, 5.41) is 13.5. The van der Waals surface area contributed by atoms with Crippen LogP contribution >= 0.6 is 0 Å². The van der Waals surface area contributed by atoms with Crippen molar-refractivity contribution in [2.75, 3.05) is 27.8 Å². The molecule has 4 rings (SSSR count). The van der Waals surface area contributed by atoms with Crippen molar-refractivity contribution in [3.05, 3.63) is 65.9 Å². The Labute approximate surface area is 264 Å². The van der Waals surface area contributed by atoms with Gasteiger partial charge in [-0.05, 0) is 24.6 Å². The van der Waals surface area contributed by atoms with Crippen LogP contribution in [0.2, 0.25) is 0 Å². The van der Waals surface area contributed by atoms with Crippen LogP contribution < -0.4 is 26.6 Å². The molecule has 4 aromatic heterocycles. The van der Waals surface area contributed by atoms with Crippen molar-refractivity contribution < 1.29 is 28.8 Å². The van der Waals surface area contributed by atoms with Crippen LogP contribution in [0.25, 0.3) is 0 Å². The number of anilines is 4. The number of hydrogen-bond donors (Lipinski definition) is 5. The Balaban J connectivity index is 1.28. The van der Waals surface area contributed by atoms with Crippen LogP contribution in [0, 0.1) is 0 Å². The third kappa shape index (κ3) is 7.96. The van der Waals surface area contributed by atoms with Crippen molar-refractivity contribution in [1.82, 2.24) is 28.6 Å². The molecule has 0 radical (unpaired) electrons. The molecule has 0 spiro atoms. The molecule has 0 aromatic carbocycles. The number of ketones is 1. The average molecular weight is 633 g/mol. The molecule has 5 N–H and O–H groups in total. The number of aromatic nitrogens is 5. The normalized spacial score (nSPS) is 10.7. The molecule has 0 aliphatic carbocycles. The van der Waals surface area contributed by atoms with E-state index in [1.54, 1.807) is 72.7 Å². The third-order valence-corrected chi connectivity index (χ3v) is 6.87. The van der Waals surface area contributed by atoms with Gasteiger partial charge in [-0.3, -0.25) is 28.8 Å². The summed E-state index contributed by atoms with van der Waals surface area (Å²) in [5.41, 5.74) is 2.13. The first-order chi connectivity index (χ1) is 21.7. The molecule has 0 saturated carbocycles. The Morgan fingerprint density at radius 1 is 0.630 bits per heavy atom. The lowest BCUT2D eigenvalue weighted by molar-refractivity contribution is -0.116. The predicted molar refractivity (Wildman–Crippen MR) is 170 cm³/mol. The fraction of sp³-hybridized carbons (Fsp3) is 0.300. The van der Waals surface area contributed by atoms with E-state index in [1.807, 2.05) is 0 Å². The Kier molecular flexibility index (Phi) is 9.89. The minimum atomic E-state index is -0.457. The van der Waals surface area contributed by atoms with Gasteiger partial charge in [-0.1, -0.05) is 0 Å². The zero-order valence-corrected chi connectivity index (χ0v) is 26.3. The van der Waals surface area contributed by atoms with Crippen molar-refractivity contribution in [2.45, 2.75) is 26.7 Å². The Morgan fingerprint density at radius 3 is 1.57 bits per heavy atom. The highest BCUT2D eigenvalue weighted by molar-refractivity contribution is 6.07. The van der Waals surface area contributed by atoms with E-state index in [0.29, 0.717) is 34.9 Å². The molecule has 4 heterocycles. The van der Waals surface area contributed by atoms with E-state index >= 15 is 0 Å². The minimum Gasteiger partial charge on any atom is -0.351 e. The monoisotopic (exact) mass is 632 g/mol. The number of amides is 5. The van der Waals surface area contributed by atoms with Gasteiger partial charge >= 0.3 is 0 Å². The molecule has 16 nitrogen and oxygen atoms in total. The smallest absolute Gasteiger partial charge is 0.272 e. The van der Waals surface area contributed by atoms with E-state index in [4.69, 9.17) is 0 Å². The summed E-state index contributed by atoms with van der Waals surface area (Å²) < 4.78 is 6.23. The summed E-state index contributed by atoms with van der Waals surface area (Å²) in [6.07, 6.45) is 6.85. The van der Waals surface area contributed by atoms with E-state index in [1.165, 1.54) is 30.5 Å². The van der Waals surface area contributed by atoms with Gasteiger partial charge in [0, 0.05) is 79.8 Å². The molecule has 0 saturated heterocycles. The summed E-state index contributed by atoms with van der Waals surface area (Å²) in [4.78, 5) is 77.8. The highest BCUT2D eigenvalue weighted by atomic mass is 16.2. The first-order valence-corrected chi connectivity index (χ1v) is 14.2. The zero-order valence-electron chi connectivity index (χ0n) is 26.3. The summed E-state index contributed by atoms with van der Waals surface area (Å²) in [5.74, 6) is -1.52. The second-order valence-corrected chi connectivity index (χ2v) is 10.8. The van der Waals surface area contributed by atoms with Crippen LogP contribution in [0.5, 0.6) is 0 Å². The lowest BCUT2D eigenvalue weighted by Crippen LogP contribution is -2.27. The molecule has 0 bridgehead atoms. The maximum absolute atomic E-state index is 13.1. The van der Waals surface area contributed by atoms with Crippen molar-refractivity contribution >= 4 is 58.2 Å². The highest BCUT2D eigenvalue weighted by Gasteiger charge is 2.19. The number of nitrogens with zero attached hydrogens (tertiary/aromatic N) is 5. The van der Waals surface area contributed by atoms with Gasteiger partial charge in [0.2, 0.25) is 11.8 Å². The number of aryl methyl sites for hydroxylation is 4. The van der Waals surface area contributed by atoms with Crippen LogP contribution in [-0.4, -0.2) is 65.1 Å². The molecular weight excluding hydrogens is 596 g/mol. The van der Waals surface area contributed by atoms with Gasteiger partial charge in [0.25, 0.3) is 17.7 Å². The summed E-state index contributed by atoms with van der Waals surface area (Å²) in [6, 6.07) is 4.60. The molecule has 0 aliphatic rings. The van der Waals surface area contributed by atoms with Crippen molar-refractivity contribution in [1.29, 1.82) is 0 Å². The molecule has 0 unspecified atom stereocenters. The molecule has 4 aromatic rings. The third-order valence-electron chi connectivity index (χ3n) is 6.87. The Hall–Kier alpha value is -5.93. The van der Waals surface area contributed by atoms with E-state index in [9.17, 15) is 28.8 Å². The molecule has 0 atom stereocenters. The van der Waals surface area contributed by atoms with Gasteiger partial charge < -0.3 is 44.9 Å². The fourth-order valence-corrected chi connectivity index (χ4v) is 4.77. The molecule has 242 valence electrons. The second kappa shape index (κ2) is 13.8. The maximum atomic E-state index is 13.1. The van der Waals surface area contributed by atoms with Gasteiger partial charge in [-0.15, -0.1) is 0 Å². The number of carbonyl (C=O) groups is 6.